The predicted molar refractivity (Wildman–Crippen MR) is 89.6 cm³/mol. The Hall–Kier alpha value is -1.71. The largest absolute Gasteiger partial charge is 0.490 e. The van der Waals surface area contributed by atoms with E-state index in [1.54, 1.807) is 0 Å². The van der Waals surface area contributed by atoms with Gasteiger partial charge in [-0.15, -0.1) is 0 Å². The first-order valence-electron chi connectivity index (χ1n) is 8.81. The number of amides is 1. The Morgan fingerprint density at radius 2 is 1.96 bits per heavy atom. The second-order valence-corrected chi connectivity index (χ2v) is 6.86. The Labute approximate surface area is 138 Å². The fourth-order valence-electron chi connectivity index (χ4n) is 4.30. The molecule has 0 aromatic heterocycles. The molecule has 0 unspecified atom stereocenters. The zero-order chi connectivity index (χ0) is 16.2. The standard InChI is InChI=1S/C19H27NO3/c1-3-22-17-6-4-5-7-18(17)23-12-19(21)20-13(2)16-11-14-8-9-15(16)10-14/h4-7,13-16H,3,8-12H2,1-2H3,(H,20,21)/t13-,14+,15+,16+/m1/s1. The van der Waals surface area contributed by atoms with E-state index in [0.29, 0.717) is 24.0 Å². The molecule has 0 heterocycles. The molecule has 1 N–H and O–H groups in total. The summed E-state index contributed by atoms with van der Waals surface area (Å²) in [4.78, 5) is 12.2. The highest BCUT2D eigenvalue weighted by Gasteiger charge is 2.42. The summed E-state index contributed by atoms with van der Waals surface area (Å²) in [6.07, 6.45) is 5.37. The summed E-state index contributed by atoms with van der Waals surface area (Å²) >= 11 is 0. The van der Waals surface area contributed by atoms with Gasteiger partial charge in [0.05, 0.1) is 6.61 Å². The van der Waals surface area contributed by atoms with Gasteiger partial charge in [0.1, 0.15) is 0 Å². The van der Waals surface area contributed by atoms with E-state index in [-0.39, 0.29) is 18.6 Å². The lowest BCUT2D eigenvalue weighted by Gasteiger charge is -2.28. The molecule has 2 fully saturated rings. The van der Waals surface area contributed by atoms with Crippen molar-refractivity contribution in [1.29, 1.82) is 0 Å². The van der Waals surface area contributed by atoms with E-state index in [0.717, 1.165) is 11.8 Å². The van der Waals surface area contributed by atoms with Gasteiger partial charge < -0.3 is 14.8 Å². The number of carbonyl (C=O) groups excluding carboxylic acids is 1. The zero-order valence-electron chi connectivity index (χ0n) is 14.1. The molecule has 2 aliphatic rings. The van der Waals surface area contributed by atoms with Crippen molar-refractivity contribution in [2.45, 2.75) is 45.6 Å². The van der Waals surface area contributed by atoms with Gasteiger partial charge in [0.2, 0.25) is 0 Å². The summed E-state index contributed by atoms with van der Waals surface area (Å²) in [6, 6.07) is 7.71. The molecule has 0 spiro atoms. The number of hydrogen-bond acceptors (Lipinski definition) is 3. The molecule has 1 aromatic rings. The Kier molecular flexibility index (Phi) is 5.09. The smallest absolute Gasteiger partial charge is 0.258 e. The molecule has 1 aromatic carbocycles. The maximum Gasteiger partial charge on any atom is 0.258 e. The number of para-hydroxylation sites is 2. The lowest BCUT2D eigenvalue weighted by atomic mass is 9.84. The molecule has 4 atom stereocenters. The van der Waals surface area contributed by atoms with E-state index in [4.69, 9.17) is 9.47 Å². The lowest BCUT2D eigenvalue weighted by Crippen LogP contribution is -2.42. The molecule has 126 valence electrons. The van der Waals surface area contributed by atoms with Gasteiger partial charge in [-0.05, 0) is 63.0 Å². The number of carbonyl (C=O) groups is 1. The first kappa shape index (κ1) is 16.2. The number of fused-ring (bicyclic) bond motifs is 2. The molecule has 4 nitrogen and oxygen atoms in total. The average molecular weight is 317 g/mol. The van der Waals surface area contributed by atoms with Crippen LogP contribution in [0.1, 0.15) is 39.5 Å². The van der Waals surface area contributed by atoms with Crippen LogP contribution in [0.2, 0.25) is 0 Å². The van der Waals surface area contributed by atoms with Crippen LogP contribution in [0.15, 0.2) is 24.3 Å². The number of rotatable bonds is 7. The molecule has 1 amide bonds. The van der Waals surface area contributed by atoms with E-state index in [1.165, 1.54) is 25.7 Å². The van der Waals surface area contributed by atoms with E-state index < -0.39 is 0 Å². The fourth-order valence-corrected chi connectivity index (χ4v) is 4.30. The monoisotopic (exact) mass is 317 g/mol. The average Bonchev–Trinajstić information content (AvgIpc) is 3.17. The van der Waals surface area contributed by atoms with Crippen LogP contribution in [0.25, 0.3) is 0 Å². The number of hydrogen-bond donors (Lipinski definition) is 1. The normalized spacial score (nSPS) is 26.8. The lowest BCUT2D eigenvalue weighted by molar-refractivity contribution is -0.124. The number of nitrogens with one attached hydrogen (secondary N) is 1. The Balaban J connectivity index is 1.48. The Bertz CT molecular complexity index is 545. The summed E-state index contributed by atoms with van der Waals surface area (Å²) < 4.78 is 11.1. The molecule has 3 rings (SSSR count). The van der Waals surface area contributed by atoms with Crippen molar-refractivity contribution in [2.24, 2.45) is 17.8 Å². The maximum atomic E-state index is 12.2. The van der Waals surface area contributed by atoms with Crippen LogP contribution in [0.5, 0.6) is 11.5 Å². The van der Waals surface area contributed by atoms with Gasteiger partial charge in [0.15, 0.2) is 18.1 Å². The predicted octanol–water partition coefficient (Wildman–Crippen LogP) is 3.41. The van der Waals surface area contributed by atoms with Crippen LogP contribution < -0.4 is 14.8 Å². The molecule has 0 saturated heterocycles. The quantitative estimate of drug-likeness (QED) is 0.838. The van der Waals surface area contributed by atoms with E-state index in [2.05, 4.69) is 12.2 Å². The van der Waals surface area contributed by atoms with Crippen molar-refractivity contribution >= 4 is 5.91 Å². The van der Waals surface area contributed by atoms with Crippen molar-refractivity contribution in [1.82, 2.24) is 5.32 Å². The third-order valence-corrected chi connectivity index (χ3v) is 5.33. The summed E-state index contributed by atoms with van der Waals surface area (Å²) in [6.45, 7) is 4.68. The molecule has 4 heteroatoms. The van der Waals surface area contributed by atoms with Gasteiger partial charge in [0.25, 0.3) is 5.91 Å². The minimum absolute atomic E-state index is 0.0369. The molecule has 2 saturated carbocycles. The molecular weight excluding hydrogens is 290 g/mol. The highest BCUT2D eigenvalue weighted by atomic mass is 16.5. The van der Waals surface area contributed by atoms with Crippen molar-refractivity contribution in [3.8, 4) is 11.5 Å². The van der Waals surface area contributed by atoms with Crippen LogP contribution >= 0.6 is 0 Å². The van der Waals surface area contributed by atoms with Crippen LogP contribution in [0.3, 0.4) is 0 Å². The minimum atomic E-state index is -0.0495. The molecule has 0 radical (unpaired) electrons. The van der Waals surface area contributed by atoms with Gasteiger partial charge >= 0.3 is 0 Å². The summed E-state index contributed by atoms with van der Waals surface area (Å²) in [5.74, 6) is 3.62. The number of ether oxygens (including phenoxy) is 2. The fraction of sp³-hybridized carbons (Fsp3) is 0.632. The maximum absolute atomic E-state index is 12.2. The van der Waals surface area contributed by atoms with E-state index in [1.807, 2.05) is 31.2 Å². The minimum Gasteiger partial charge on any atom is -0.490 e. The SMILES string of the molecule is CCOc1ccccc1OCC(=O)N[C@H](C)[C@@H]1C[C@H]2CC[C@H]1C2. The van der Waals surface area contributed by atoms with Crippen molar-refractivity contribution < 1.29 is 14.3 Å². The molecular formula is C19H27NO3. The number of benzene rings is 1. The van der Waals surface area contributed by atoms with Crippen LogP contribution in [-0.2, 0) is 4.79 Å². The highest BCUT2D eigenvalue weighted by Crippen LogP contribution is 2.49. The van der Waals surface area contributed by atoms with E-state index in [9.17, 15) is 4.79 Å². The summed E-state index contributed by atoms with van der Waals surface area (Å²) in [5, 5.41) is 3.12. The van der Waals surface area contributed by atoms with Crippen LogP contribution in [-0.4, -0.2) is 25.2 Å². The third-order valence-electron chi connectivity index (χ3n) is 5.33. The zero-order valence-corrected chi connectivity index (χ0v) is 14.1. The van der Waals surface area contributed by atoms with Gasteiger partial charge in [-0.1, -0.05) is 18.6 Å². The van der Waals surface area contributed by atoms with Crippen molar-refractivity contribution in [3.05, 3.63) is 24.3 Å². The Morgan fingerprint density at radius 1 is 1.22 bits per heavy atom. The molecule has 2 aliphatic carbocycles. The first-order chi connectivity index (χ1) is 11.2. The van der Waals surface area contributed by atoms with Crippen LogP contribution in [0.4, 0.5) is 0 Å². The van der Waals surface area contributed by atoms with Gasteiger partial charge in [-0.2, -0.15) is 0 Å². The van der Waals surface area contributed by atoms with Gasteiger partial charge in [0, 0.05) is 6.04 Å². The third kappa shape index (κ3) is 3.80. The van der Waals surface area contributed by atoms with Crippen molar-refractivity contribution in [3.63, 3.8) is 0 Å². The summed E-state index contributed by atoms with van der Waals surface area (Å²) in [7, 11) is 0. The van der Waals surface area contributed by atoms with Gasteiger partial charge in [-0.3, -0.25) is 4.79 Å². The van der Waals surface area contributed by atoms with Gasteiger partial charge in [-0.25, -0.2) is 0 Å². The van der Waals surface area contributed by atoms with Crippen molar-refractivity contribution in [2.75, 3.05) is 13.2 Å². The summed E-state index contributed by atoms with van der Waals surface area (Å²) in [5.41, 5.74) is 0. The second kappa shape index (κ2) is 7.24. The van der Waals surface area contributed by atoms with Crippen LogP contribution in [0, 0.1) is 17.8 Å². The second-order valence-electron chi connectivity index (χ2n) is 6.86. The molecule has 23 heavy (non-hydrogen) atoms. The Morgan fingerprint density at radius 3 is 2.57 bits per heavy atom. The topological polar surface area (TPSA) is 47.6 Å². The first-order valence-corrected chi connectivity index (χ1v) is 8.81. The molecule has 0 aliphatic heterocycles. The molecule has 2 bridgehead atoms. The van der Waals surface area contributed by atoms with E-state index >= 15 is 0 Å². The highest BCUT2D eigenvalue weighted by molar-refractivity contribution is 5.77.